The monoisotopic (exact) mass is 210 g/mol. The Kier molecular flexibility index (Phi) is 5.40. The molecule has 0 bridgehead atoms. The maximum Gasteiger partial charge on any atom is 0.239 e. The minimum atomic E-state index is 0.0625. The van der Waals surface area contributed by atoms with Gasteiger partial charge in [0.15, 0.2) is 0 Å². The van der Waals surface area contributed by atoms with Crippen LogP contribution in [0, 0.1) is 0 Å². The van der Waals surface area contributed by atoms with E-state index in [-0.39, 0.29) is 11.9 Å². The third-order valence-electron chi connectivity index (χ3n) is 2.89. The van der Waals surface area contributed by atoms with Gasteiger partial charge in [-0.1, -0.05) is 12.5 Å². The van der Waals surface area contributed by atoms with E-state index in [0.29, 0.717) is 0 Å². The number of hydrogen-bond donors (Lipinski definition) is 1. The van der Waals surface area contributed by atoms with E-state index >= 15 is 0 Å². The van der Waals surface area contributed by atoms with Gasteiger partial charge in [0.1, 0.15) is 0 Å². The number of carbonyl (C=O) groups is 1. The molecule has 1 rings (SSSR count). The van der Waals surface area contributed by atoms with Crippen molar-refractivity contribution in [2.75, 3.05) is 20.1 Å². The summed E-state index contributed by atoms with van der Waals surface area (Å²) in [5, 5.41) is 3.28. The van der Waals surface area contributed by atoms with Crippen LogP contribution in [0.4, 0.5) is 0 Å². The van der Waals surface area contributed by atoms with E-state index in [9.17, 15) is 4.79 Å². The standard InChI is InChI=1S/C12H22N2O/c1-3-4-7-10-14(2)12(15)11-8-5-6-9-13-11/h3,11,13H,1,4-10H2,2H3/t11-/m1/s1. The van der Waals surface area contributed by atoms with Crippen LogP contribution in [0.3, 0.4) is 0 Å². The highest BCUT2D eigenvalue weighted by Gasteiger charge is 2.22. The third-order valence-corrected chi connectivity index (χ3v) is 2.89. The molecule has 1 saturated heterocycles. The molecule has 0 aliphatic carbocycles. The Morgan fingerprint density at radius 1 is 1.60 bits per heavy atom. The van der Waals surface area contributed by atoms with Gasteiger partial charge in [-0.3, -0.25) is 4.79 Å². The van der Waals surface area contributed by atoms with Crippen LogP contribution < -0.4 is 5.32 Å². The Bertz CT molecular complexity index is 210. The van der Waals surface area contributed by atoms with E-state index in [2.05, 4.69) is 11.9 Å². The summed E-state index contributed by atoms with van der Waals surface area (Å²) in [6, 6.07) is 0.0625. The van der Waals surface area contributed by atoms with Crippen molar-refractivity contribution in [2.45, 2.75) is 38.1 Å². The second-order valence-corrected chi connectivity index (χ2v) is 4.19. The number of nitrogens with one attached hydrogen (secondary N) is 1. The molecule has 1 heterocycles. The molecule has 1 aliphatic heterocycles. The Labute approximate surface area is 92.5 Å². The van der Waals surface area contributed by atoms with Crippen LogP contribution in [0.25, 0.3) is 0 Å². The number of unbranched alkanes of at least 4 members (excludes halogenated alkanes) is 1. The van der Waals surface area contributed by atoms with Crippen molar-refractivity contribution in [3.63, 3.8) is 0 Å². The zero-order valence-electron chi connectivity index (χ0n) is 9.67. The number of rotatable bonds is 5. The fourth-order valence-electron chi connectivity index (χ4n) is 1.91. The smallest absolute Gasteiger partial charge is 0.239 e. The van der Waals surface area contributed by atoms with Crippen LogP contribution >= 0.6 is 0 Å². The molecule has 0 saturated carbocycles. The Hall–Kier alpha value is -0.830. The predicted molar refractivity (Wildman–Crippen MR) is 62.7 cm³/mol. The molecule has 0 aromatic heterocycles. The van der Waals surface area contributed by atoms with Gasteiger partial charge in [-0.25, -0.2) is 0 Å². The molecule has 1 aliphatic rings. The van der Waals surface area contributed by atoms with Crippen LogP contribution in [-0.4, -0.2) is 37.0 Å². The van der Waals surface area contributed by atoms with Crippen molar-refractivity contribution in [1.29, 1.82) is 0 Å². The van der Waals surface area contributed by atoms with Crippen LogP contribution in [0.5, 0.6) is 0 Å². The normalized spacial score (nSPS) is 21.0. The van der Waals surface area contributed by atoms with Crippen molar-refractivity contribution in [3.8, 4) is 0 Å². The molecule has 3 nitrogen and oxygen atoms in total. The molecule has 0 unspecified atom stereocenters. The summed E-state index contributed by atoms with van der Waals surface area (Å²) in [6.45, 7) is 5.50. The van der Waals surface area contributed by atoms with E-state index in [0.717, 1.165) is 32.4 Å². The summed E-state index contributed by atoms with van der Waals surface area (Å²) < 4.78 is 0. The summed E-state index contributed by atoms with van der Waals surface area (Å²) in [4.78, 5) is 13.8. The first-order valence-electron chi connectivity index (χ1n) is 5.85. The quantitative estimate of drug-likeness (QED) is 0.551. The maximum absolute atomic E-state index is 11.9. The summed E-state index contributed by atoms with van der Waals surface area (Å²) in [5.41, 5.74) is 0. The van der Waals surface area contributed by atoms with E-state index in [1.807, 2.05) is 18.0 Å². The van der Waals surface area contributed by atoms with Crippen molar-refractivity contribution in [1.82, 2.24) is 10.2 Å². The van der Waals surface area contributed by atoms with E-state index in [1.54, 1.807) is 0 Å². The second-order valence-electron chi connectivity index (χ2n) is 4.19. The zero-order valence-corrected chi connectivity index (χ0v) is 9.67. The third kappa shape index (κ3) is 4.04. The van der Waals surface area contributed by atoms with Crippen molar-refractivity contribution in [3.05, 3.63) is 12.7 Å². The number of likely N-dealkylation sites (N-methyl/N-ethyl adjacent to an activating group) is 1. The van der Waals surface area contributed by atoms with Crippen molar-refractivity contribution in [2.24, 2.45) is 0 Å². The molecule has 86 valence electrons. The number of hydrogen-bond acceptors (Lipinski definition) is 2. The SMILES string of the molecule is C=CCCCN(C)C(=O)[C@H]1CCCCN1. The number of amides is 1. The van der Waals surface area contributed by atoms with Gasteiger partial charge in [-0.2, -0.15) is 0 Å². The fourth-order valence-corrected chi connectivity index (χ4v) is 1.91. The molecule has 0 spiro atoms. The van der Waals surface area contributed by atoms with Gasteiger partial charge < -0.3 is 10.2 Å². The molecule has 1 fully saturated rings. The Morgan fingerprint density at radius 2 is 2.40 bits per heavy atom. The molecule has 15 heavy (non-hydrogen) atoms. The van der Waals surface area contributed by atoms with Crippen LogP contribution in [0.1, 0.15) is 32.1 Å². The first-order chi connectivity index (χ1) is 7.25. The van der Waals surface area contributed by atoms with Gasteiger partial charge in [0.05, 0.1) is 6.04 Å². The fraction of sp³-hybridized carbons (Fsp3) is 0.750. The zero-order chi connectivity index (χ0) is 11.1. The van der Waals surface area contributed by atoms with Gasteiger partial charge in [-0.15, -0.1) is 6.58 Å². The van der Waals surface area contributed by atoms with Gasteiger partial charge in [0.25, 0.3) is 0 Å². The molecule has 1 atom stereocenters. The topological polar surface area (TPSA) is 32.3 Å². The average molecular weight is 210 g/mol. The van der Waals surface area contributed by atoms with Gasteiger partial charge in [-0.05, 0) is 32.2 Å². The largest absolute Gasteiger partial charge is 0.344 e. The summed E-state index contributed by atoms with van der Waals surface area (Å²) in [6.07, 6.45) is 7.25. The van der Waals surface area contributed by atoms with Crippen molar-refractivity contribution < 1.29 is 4.79 Å². The highest BCUT2D eigenvalue weighted by molar-refractivity contribution is 5.81. The molecule has 0 aromatic carbocycles. The van der Waals surface area contributed by atoms with Gasteiger partial charge in [0, 0.05) is 13.6 Å². The average Bonchev–Trinajstić information content (AvgIpc) is 2.29. The summed E-state index contributed by atoms with van der Waals surface area (Å²) >= 11 is 0. The number of carbonyl (C=O) groups excluding carboxylic acids is 1. The van der Waals surface area contributed by atoms with Crippen LogP contribution in [0.15, 0.2) is 12.7 Å². The van der Waals surface area contributed by atoms with E-state index < -0.39 is 0 Å². The predicted octanol–water partition coefficient (Wildman–Crippen LogP) is 1.55. The van der Waals surface area contributed by atoms with Gasteiger partial charge >= 0.3 is 0 Å². The number of nitrogens with zero attached hydrogens (tertiary/aromatic N) is 1. The van der Waals surface area contributed by atoms with E-state index in [4.69, 9.17) is 0 Å². The number of allylic oxidation sites excluding steroid dienone is 1. The van der Waals surface area contributed by atoms with E-state index in [1.165, 1.54) is 12.8 Å². The van der Waals surface area contributed by atoms with Crippen molar-refractivity contribution >= 4 is 5.91 Å². The van der Waals surface area contributed by atoms with Gasteiger partial charge in [0.2, 0.25) is 5.91 Å². The molecule has 0 radical (unpaired) electrons. The number of piperidine rings is 1. The molecule has 1 N–H and O–H groups in total. The maximum atomic E-state index is 11.9. The summed E-state index contributed by atoms with van der Waals surface area (Å²) in [7, 11) is 1.89. The Morgan fingerprint density at radius 3 is 3.00 bits per heavy atom. The second kappa shape index (κ2) is 6.62. The molecular weight excluding hydrogens is 188 g/mol. The lowest BCUT2D eigenvalue weighted by molar-refractivity contribution is -0.132. The Balaban J connectivity index is 2.27. The lowest BCUT2D eigenvalue weighted by Crippen LogP contribution is -2.47. The first kappa shape index (κ1) is 12.2. The molecule has 3 heteroatoms. The van der Waals surface area contributed by atoms with Crippen LogP contribution in [0.2, 0.25) is 0 Å². The first-order valence-corrected chi connectivity index (χ1v) is 5.85. The molecule has 0 aromatic rings. The summed E-state index contributed by atoms with van der Waals surface area (Å²) in [5.74, 6) is 0.249. The highest BCUT2D eigenvalue weighted by atomic mass is 16.2. The minimum absolute atomic E-state index is 0.0625. The minimum Gasteiger partial charge on any atom is -0.344 e. The van der Waals surface area contributed by atoms with Crippen LogP contribution in [-0.2, 0) is 4.79 Å². The lowest BCUT2D eigenvalue weighted by Gasteiger charge is -2.27. The molecular formula is C12H22N2O. The lowest BCUT2D eigenvalue weighted by atomic mass is 10.0. The molecule has 1 amide bonds. The highest BCUT2D eigenvalue weighted by Crippen LogP contribution is 2.09.